The van der Waals surface area contributed by atoms with Crippen LogP contribution in [0.3, 0.4) is 0 Å². The summed E-state index contributed by atoms with van der Waals surface area (Å²) in [6, 6.07) is 5.79. The lowest BCUT2D eigenvalue weighted by molar-refractivity contribution is 0.743. The minimum absolute atomic E-state index is 0.293. The summed E-state index contributed by atoms with van der Waals surface area (Å²) in [5.74, 6) is 1.21. The van der Waals surface area contributed by atoms with Crippen LogP contribution in [0.5, 0.6) is 0 Å². The topological polar surface area (TPSA) is 33.6 Å². The first-order valence-corrected chi connectivity index (χ1v) is 6.23. The number of hydrogen-bond acceptors (Lipinski definition) is 2. The number of nitrogens with one attached hydrogen (secondary N) is 1. The third kappa shape index (κ3) is 2.15. The zero-order valence-corrected chi connectivity index (χ0v) is 11.6. The van der Waals surface area contributed by atoms with Gasteiger partial charge in [0, 0.05) is 10.9 Å². The van der Waals surface area contributed by atoms with Crippen molar-refractivity contribution in [2.24, 2.45) is 0 Å². The third-order valence-electron chi connectivity index (χ3n) is 2.69. The Kier molecular flexibility index (Phi) is 3.35. The zero-order chi connectivity index (χ0) is 12.6. The highest BCUT2D eigenvalue weighted by molar-refractivity contribution is 7.71. The largest absolute Gasteiger partial charge is 0.272 e. The monoisotopic (exact) mass is 267 g/mol. The van der Waals surface area contributed by atoms with Crippen LogP contribution in [0.2, 0.25) is 5.02 Å². The van der Waals surface area contributed by atoms with E-state index < -0.39 is 0 Å². The highest BCUT2D eigenvalue weighted by Gasteiger charge is 2.14. The summed E-state index contributed by atoms with van der Waals surface area (Å²) in [6.07, 6.45) is 0. The minimum Gasteiger partial charge on any atom is -0.272 e. The molecule has 0 fully saturated rings. The van der Waals surface area contributed by atoms with Crippen molar-refractivity contribution in [3.05, 3.63) is 39.4 Å². The molecule has 1 heterocycles. The van der Waals surface area contributed by atoms with E-state index in [0.717, 1.165) is 22.1 Å². The highest BCUT2D eigenvalue weighted by atomic mass is 35.5. The van der Waals surface area contributed by atoms with Crippen molar-refractivity contribution in [1.29, 1.82) is 0 Å². The second kappa shape index (κ2) is 4.63. The molecule has 0 bridgehead atoms. The summed E-state index contributed by atoms with van der Waals surface area (Å²) in [7, 11) is 0. The Morgan fingerprint density at radius 2 is 2.12 bits per heavy atom. The molecule has 3 nitrogen and oxygen atoms in total. The molecule has 1 N–H and O–H groups in total. The van der Waals surface area contributed by atoms with Gasteiger partial charge in [-0.3, -0.25) is 9.67 Å². The van der Waals surface area contributed by atoms with E-state index in [9.17, 15) is 0 Å². The Hall–Kier alpha value is -1.13. The number of aromatic nitrogens is 3. The molecule has 5 heteroatoms. The SMILES string of the molecule is Cc1c(Cl)cccc1-n1c(C(C)C)n[nH]c1=S. The van der Waals surface area contributed by atoms with Gasteiger partial charge in [0.05, 0.1) is 5.69 Å². The molecule has 0 saturated heterocycles. The maximum Gasteiger partial charge on any atom is 0.199 e. The number of benzene rings is 1. The molecule has 0 radical (unpaired) electrons. The third-order valence-corrected chi connectivity index (χ3v) is 3.38. The Morgan fingerprint density at radius 3 is 2.76 bits per heavy atom. The van der Waals surface area contributed by atoms with Crippen LogP contribution in [0.4, 0.5) is 0 Å². The fourth-order valence-corrected chi connectivity index (χ4v) is 2.17. The van der Waals surface area contributed by atoms with Crippen LogP contribution in [-0.4, -0.2) is 14.8 Å². The van der Waals surface area contributed by atoms with Crippen molar-refractivity contribution in [1.82, 2.24) is 14.8 Å². The molecule has 0 atom stereocenters. The molecule has 0 amide bonds. The predicted octanol–water partition coefficient (Wildman–Crippen LogP) is 4.02. The Bertz CT molecular complexity index is 598. The number of H-pyrrole nitrogens is 1. The van der Waals surface area contributed by atoms with Crippen LogP contribution in [-0.2, 0) is 0 Å². The van der Waals surface area contributed by atoms with E-state index in [4.69, 9.17) is 23.8 Å². The van der Waals surface area contributed by atoms with Gasteiger partial charge in [-0.2, -0.15) is 5.10 Å². The van der Waals surface area contributed by atoms with Gasteiger partial charge in [-0.15, -0.1) is 0 Å². The van der Waals surface area contributed by atoms with Gasteiger partial charge in [0.25, 0.3) is 0 Å². The molecule has 17 heavy (non-hydrogen) atoms. The summed E-state index contributed by atoms with van der Waals surface area (Å²) < 4.78 is 2.54. The molecular weight excluding hydrogens is 254 g/mol. The van der Waals surface area contributed by atoms with Gasteiger partial charge < -0.3 is 0 Å². The summed E-state index contributed by atoms with van der Waals surface area (Å²) in [6.45, 7) is 6.15. The number of hydrogen-bond donors (Lipinski definition) is 1. The average molecular weight is 268 g/mol. The molecule has 0 aliphatic carbocycles. The molecule has 1 aromatic heterocycles. The number of halogens is 1. The minimum atomic E-state index is 0.293. The Morgan fingerprint density at radius 1 is 1.41 bits per heavy atom. The van der Waals surface area contributed by atoms with Crippen molar-refractivity contribution in [2.75, 3.05) is 0 Å². The number of rotatable bonds is 2. The molecule has 0 saturated carbocycles. The van der Waals surface area contributed by atoms with Crippen LogP contribution >= 0.6 is 23.8 Å². The smallest absolute Gasteiger partial charge is 0.199 e. The molecule has 0 aliphatic rings. The Labute approximate surface area is 110 Å². The molecule has 0 spiro atoms. The van der Waals surface area contributed by atoms with E-state index >= 15 is 0 Å². The maximum atomic E-state index is 6.14. The average Bonchev–Trinajstić information content (AvgIpc) is 2.65. The normalized spacial score (nSPS) is 11.1. The summed E-state index contributed by atoms with van der Waals surface area (Å²) in [5, 5.41) is 7.84. The van der Waals surface area contributed by atoms with Crippen LogP contribution in [0.15, 0.2) is 18.2 Å². The lowest BCUT2D eigenvalue weighted by Gasteiger charge is -2.12. The van der Waals surface area contributed by atoms with Gasteiger partial charge in [0.15, 0.2) is 4.77 Å². The first kappa shape index (κ1) is 12.3. The molecule has 1 aromatic carbocycles. The maximum absolute atomic E-state index is 6.14. The lowest BCUT2D eigenvalue weighted by Crippen LogP contribution is -2.05. The summed E-state index contributed by atoms with van der Waals surface area (Å²) in [4.78, 5) is 0. The van der Waals surface area contributed by atoms with Crippen LogP contribution in [0.1, 0.15) is 31.2 Å². The molecule has 90 valence electrons. The van der Waals surface area contributed by atoms with Gasteiger partial charge in [-0.25, -0.2) is 0 Å². The fraction of sp³-hybridized carbons (Fsp3) is 0.333. The zero-order valence-electron chi connectivity index (χ0n) is 9.99. The second-order valence-corrected chi connectivity index (χ2v) is 5.05. The van der Waals surface area contributed by atoms with Crippen molar-refractivity contribution in [3.63, 3.8) is 0 Å². The van der Waals surface area contributed by atoms with Gasteiger partial charge in [-0.1, -0.05) is 31.5 Å². The van der Waals surface area contributed by atoms with Crippen molar-refractivity contribution in [3.8, 4) is 5.69 Å². The van der Waals surface area contributed by atoms with Crippen LogP contribution < -0.4 is 0 Å². The standard InChI is InChI=1S/C12H14ClN3S/c1-7(2)11-14-15-12(17)16(11)10-6-4-5-9(13)8(10)3/h4-7H,1-3H3,(H,15,17). The van der Waals surface area contributed by atoms with E-state index in [1.54, 1.807) is 0 Å². The summed E-state index contributed by atoms with van der Waals surface area (Å²) in [5.41, 5.74) is 1.99. The van der Waals surface area contributed by atoms with E-state index in [2.05, 4.69) is 24.0 Å². The first-order valence-electron chi connectivity index (χ1n) is 5.45. The van der Waals surface area contributed by atoms with Gasteiger partial charge in [-0.05, 0) is 36.8 Å². The second-order valence-electron chi connectivity index (χ2n) is 4.26. The van der Waals surface area contributed by atoms with E-state index in [1.807, 2.05) is 29.7 Å². The van der Waals surface area contributed by atoms with Crippen molar-refractivity contribution < 1.29 is 0 Å². The Balaban J connectivity index is 2.72. The van der Waals surface area contributed by atoms with Crippen LogP contribution in [0, 0.1) is 11.7 Å². The van der Waals surface area contributed by atoms with E-state index in [-0.39, 0.29) is 0 Å². The van der Waals surface area contributed by atoms with Crippen LogP contribution in [0.25, 0.3) is 5.69 Å². The lowest BCUT2D eigenvalue weighted by atomic mass is 10.1. The highest BCUT2D eigenvalue weighted by Crippen LogP contribution is 2.25. The van der Waals surface area contributed by atoms with E-state index in [1.165, 1.54) is 0 Å². The molecular formula is C12H14ClN3S. The van der Waals surface area contributed by atoms with Gasteiger partial charge in [0.2, 0.25) is 0 Å². The number of nitrogens with zero attached hydrogens (tertiary/aromatic N) is 2. The van der Waals surface area contributed by atoms with Gasteiger partial charge in [0.1, 0.15) is 5.82 Å². The predicted molar refractivity (Wildman–Crippen MR) is 72.6 cm³/mol. The number of aromatic amines is 1. The molecule has 0 unspecified atom stereocenters. The fourth-order valence-electron chi connectivity index (χ4n) is 1.77. The van der Waals surface area contributed by atoms with Crippen molar-refractivity contribution >= 4 is 23.8 Å². The first-order chi connectivity index (χ1) is 8.02. The van der Waals surface area contributed by atoms with Crippen molar-refractivity contribution in [2.45, 2.75) is 26.7 Å². The molecule has 2 aromatic rings. The molecule has 2 rings (SSSR count). The van der Waals surface area contributed by atoms with Gasteiger partial charge >= 0.3 is 0 Å². The van der Waals surface area contributed by atoms with E-state index in [0.29, 0.717) is 10.7 Å². The molecule has 0 aliphatic heterocycles. The quantitative estimate of drug-likeness (QED) is 0.834. The summed E-state index contributed by atoms with van der Waals surface area (Å²) >= 11 is 11.4.